The molecule has 1 fully saturated rings. The van der Waals surface area contributed by atoms with Gasteiger partial charge in [0.15, 0.2) is 0 Å². The number of nitrogens with zero attached hydrogens (tertiary/aromatic N) is 2. The van der Waals surface area contributed by atoms with E-state index in [2.05, 4.69) is 16.5 Å². The minimum absolute atomic E-state index is 1.16. The van der Waals surface area contributed by atoms with Crippen molar-refractivity contribution in [2.45, 2.75) is 19.3 Å². The molecule has 0 unspecified atom stereocenters. The van der Waals surface area contributed by atoms with E-state index >= 15 is 0 Å². The molecule has 0 aliphatic carbocycles. The topological polar surface area (TPSA) is 15.6 Å². The van der Waals surface area contributed by atoms with Crippen molar-refractivity contribution in [3.63, 3.8) is 0 Å². The van der Waals surface area contributed by atoms with Crippen molar-refractivity contribution in [1.29, 1.82) is 0 Å². The van der Waals surface area contributed by atoms with E-state index in [0.717, 1.165) is 13.1 Å². The van der Waals surface area contributed by atoms with Crippen LogP contribution in [0.5, 0.6) is 0 Å². The molecule has 0 aromatic rings. The number of piperidine rings is 1. The van der Waals surface area contributed by atoms with E-state index in [1.54, 1.807) is 6.20 Å². The van der Waals surface area contributed by atoms with E-state index < -0.39 is 0 Å². The minimum Gasteiger partial charge on any atom is -0.363 e. The monoisotopic (exact) mass is 138 g/mol. The van der Waals surface area contributed by atoms with Crippen molar-refractivity contribution >= 4 is 6.34 Å². The molecule has 0 atom stereocenters. The lowest BCUT2D eigenvalue weighted by atomic mass is 10.1. The molecular weight excluding hydrogens is 124 g/mol. The highest BCUT2D eigenvalue weighted by Crippen LogP contribution is 2.05. The third kappa shape index (κ3) is 2.21. The molecule has 0 N–H and O–H groups in total. The van der Waals surface area contributed by atoms with Crippen molar-refractivity contribution in [2.75, 3.05) is 13.1 Å². The Balaban J connectivity index is 2.25. The molecule has 10 heavy (non-hydrogen) atoms. The third-order valence-electron chi connectivity index (χ3n) is 1.73. The Bertz CT molecular complexity index is 123. The Kier molecular flexibility index (Phi) is 3.00. The van der Waals surface area contributed by atoms with Crippen LogP contribution in [0.4, 0.5) is 0 Å². The molecule has 0 bridgehead atoms. The second kappa shape index (κ2) is 4.09. The number of aliphatic imine (C=N–C) groups is 1. The number of hydrogen-bond donors (Lipinski definition) is 0. The largest absolute Gasteiger partial charge is 0.363 e. The van der Waals surface area contributed by atoms with Gasteiger partial charge in [0.1, 0.15) is 0 Å². The molecule has 0 aromatic heterocycles. The first-order valence-corrected chi connectivity index (χ1v) is 3.82. The zero-order valence-electron chi connectivity index (χ0n) is 6.29. The standard InChI is InChI=1S/C8H14N2/c1-2-9-8-10-6-4-3-5-7-10/h2,8H,1,3-7H2. The highest BCUT2D eigenvalue weighted by molar-refractivity contribution is 5.55. The third-order valence-corrected chi connectivity index (χ3v) is 1.73. The van der Waals surface area contributed by atoms with Gasteiger partial charge in [0.2, 0.25) is 0 Å². The molecule has 0 radical (unpaired) electrons. The van der Waals surface area contributed by atoms with Crippen LogP contribution in [-0.2, 0) is 0 Å². The predicted octanol–water partition coefficient (Wildman–Crippen LogP) is 1.64. The summed E-state index contributed by atoms with van der Waals surface area (Å²) in [5.74, 6) is 0. The molecule has 0 spiro atoms. The zero-order chi connectivity index (χ0) is 7.23. The first-order valence-electron chi connectivity index (χ1n) is 3.82. The lowest BCUT2D eigenvalue weighted by Crippen LogP contribution is -2.27. The van der Waals surface area contributed by atoms with E-state index in [9.17, 15) is 0 Å². The smallest absolute Gasteiger partial charge is 0.0904 e. The molecule has 0 saturated carbocycles. The van der Waals surface area contributed by atoms with Crippen molar-refractivity contribution in [1.82, 2.24) is 4.90 Å². The summed E-state index contributed by atoms with van der Waals surface area (Å²) in [5, 5.41) is 0. The molecular formula is C8H14N2. The highest BCUT2D eigenvalue weighted by Gasteiger charge is 2.04. The van der Waals surface area contributed by atoms with Crippen LogP contribution >= 0.6 is 0 Å². The first kappa shape index (κ1) is 7.32. The number of likely N-dealkylation sites (tertiary alicyclic amines) is 1. The second-order valence-electron chi connectivity index (χ2n) is 2.54. The average Bonchev–Trinajstić information content (AvgIpc) is 2.03. The average molecular weight is 138 g/mol. The summed E-state index contributed by atoms with van der Waals surface area (Å²) in [4.78, 5) is 6.20. The Labute approximate surface area is 62.3 Å². The van der Waals surface area contributed by atoms with E-state index in [0.29, 0.717) is 0 Å². The maximum absolute atomic E-state index is 3.96. The van der Waals surface area contributed by atoms with Gasteiger partial charge in [-0.1, -0.05) is 6.58 Å². The van der Waals surface area contributed by atoms with Gasteiger partial charge in [-0.3, -0.25) is 0 Å². The van der Waals surface area contributed by atoms with Gasteiger partial charge in [-0.25, -0.2) is 4.99 Å². The normalized spacial score (nSPS) is 19.8. The summed E-state index contributed by atoms with van der Waals surface area (Å²) < 4.78 is 0. The zero-order valence-corrected chi connectivity index (χ0v) is 6.29. The highest BCUT2D eigenvalue weighted by atomic mass is 15.1. The first-order chi connectivity index (χ1) is 4.93. The summed E-state index contributed by atoms with van der Waals surface area (Å²) in [5.41, 5.74) is 0. The van der Waals surface area contributed by atoms with Crippen molar-refractivity contribution in [2.24, 2.45) is 4.99 Å². The molecule has 2 nitrogen and oxygen atoms in total. The fraction of sp³-hybridized carbons (Fsp3) is 0.625. The molecule has 1 heterocycles. The van der Waals surface area contributed by atoms with Gasteiger partial charge in [-0.05, 0) is 19.3 Å². The molecule has 2 heteroatoms. The molecule has 1 rings (SSSR count). The van der Waals surface area contributed by atoms with Gasteiger partial charge in [0.25, 0.3) is 0 Å². The van der Waals surface area contributed by atoms with Crippen LogP contribution in [0, 0.1) is 0 Å². The maximum Gasteiger partial charge on any atom is 0.0904 e. The van der Waals surface area contributed by atoms with Crippen molar-refractivity contribution in [3.8, 4) is 0 Å². The summed E-state index contributed by atoms with van der Waals surface area (Å²) in [6.07, 6.45) is 7.45. The Morgan fingerprint density at radius 3 is 2.50 bits per heavy atom. The van der Waals surface area contributed by atoms with Crippen LogP contribution in [0.3, 0.4) is 0 Å². The Morgan fingerprint density at radius 2 is 1.90 bits per heavy atom. The van der Waals surface area contributed by atoms with Crippen LogP contribution in [0.1, 0.15) is 19.3 Å². The van der Waals surface area contributed by atoms with Crippen LogP contribution in [0.25, 0.3) is 0 Å². The van der Waals surface area contributed by atoms with E-state index in [1.165, 1.54) is 19.3 Å². The summed E-state index contributed by atoms with van der Waals surface area (Å²) >= 11 is 0. The Morgan fingerprint density at radius 1 is 1.20 bits per heavy atom. The molecule has 1 saturated heterocycles. The quantitative estimate of drug-likeness (QED) is 0.418. The van der Waals surface area contributed by atoms with Gasteiger partial charge < -0.3 is 4.90 Å². The number of rotatable bonds is 2. The fourth-order valence-electron chi connectivity index (χ4n) is 1.18. The molecule has 56 valence electrons. The van der Waals surface area contributed by atoms with Gasteiger partial charge >= 0.3 is 0 Å². The summed E-state index contributed by atoms with van der Waals surface area (Å²) in [7, 11) is 0. The van der Waals surface area contributed by atoms with E-state index in [1.807, 2.05) is 6.34 Å². The molecule has 0 aromatic carbocycles. The van der Waals surface area contributed by atoms with Crippen LogP contribution in [0.2, 0.25) is 0 Å². The summed E-state index contributed by atoms with van der Waals surface area (Å²) in [6, 6.07) is 0. The van der Waals surface area contributed by atoms with E-state index in [4.69, 9.17) is 0 Å². The Hall–Kier alpha value is -0.790. The maximum atomic E-state index is 3.96. The van der Waals surface area contributed by atoms with Crippen LogP contribution in [0.15, 0.2) is 17.8 Å². The van der Waals surface area contributed by atoms with E-state index in [-0.39, 0.29) is 0 Å². The molecule has 0 amide bonds. The van der Waals surface area contributed by atoms with Crippen molar-refractivity contribution in [3.05, 3.63) is 12.8 Å². The van der Waals surface area contributed by atoms with Gasteiger partial charge in [0, 0.05) is 19.3 Å². The summed E-state index contributed by atoms with van der Waals surface area (Å²) in [6.45, 7) is 5.85. The SMILES string of the molecule is C=CN=CN1CCCCC1. The lowest BCUT2D eigenvalue weighted by molar-refractivity contribution is 0.351. The fourth-order valence-corrected chi connectivity index (χ4v) is 1.18. The lowest BCUT2D eigenvalue weighted by Gasteiger charge is -2.23. The van der Waals surface area contributed by atoms with Crippen molar-refractivity contribution < 1.29 is 0 Å². The molecule has 1 aliphatic heterocycles. The van der Waals surface area contributed by atoms with Crippen LogP contribution < -0.4 is 0 Å². The number of hydrogen-bond acceptors (Lipinski definition) is 1. The van der Waals surface area contributed by atoms with Gasteiger partial charge in [-0.15, -0.1) is 0 Å². The van der Waals surface area contributed by atoms with Gasteiger partial charge in [-0.2, -0.15) is 0 Å². The molecule has 1 aliphatic rings. The second-order valence-corrected chi connectivity index (χ2v) is 2.54. The van der Waals surface area contributed by atoms with Gasteiger partial charge in [0.05, 0.1) is 6.34 Å². The minimum atomic E-state index is 1.16. The predicted molar refractivity (Wildman–Crippen MR) is 44.1 cm³/mol. The van der Waals surface area contributed by atoms with Crippen LogP contribution in [-0.4, -0.2) is 24.3 Å².